The summed E-state index contributed by atoms with van der Waals surface area (Å²) in [4.78, 5) is 19.7. The molecule has 2 fully saturated rings. The standard InChI is InChI=1S/C29H34FN3O6S/c1-37-24-12-10-21(11-13-24)28(34)32(18-25-7-4-14-38-25)17-23-16-31-29(33(23)19-26-8-5-15-39-26)40(35,36)20-22-6-2-3-9-27(22)30/h2-3,6,9-13,16,25-26H,4-5,7-8,14-15,17-20H2,1H3/t25-,26-/m0/s1. The van der Waals surface area contributed by atoms with Crippen LogP contribution >= 0.6 is 0 Å². The number of imidazole rings is 1. The fraction of sp³-hybridized carbons (Fsp3) is 0.448. The summed E-state index contributed by atoms with van der Waals surface area (Å²) < 4.78 is 59.9. The molecule has 0 unspecified atom stereocenters. The second kappa shape index (κ2) is 12.5. The first-order valence-electron chi connectivity index (χ1n) is 13.5. The van der Waals surface area contributed by atoms with E-state index in [0.29, 0.717) is 36.8 Å². The van der Waals surface area contributed by atoms with Gasteiger partial charge in [0.2, 0.25) is 15.0 Å². The third-order valence-electron chi connectivity index (χ3n) is 7.32. The molecule has 40 heavy (non-hydrogen) atoms. The Morgan fingerprint density at radius 3 is 2.42 bits per heavy atom. The van der Waals surface area contributed by atoms with Gasteiger partial charge < -0.3 is 23.7 Å². The highest BCUT2D eigenvalue weighted by Crippen LogP contribution is 2.25. The van der Waals surface area contributed by atoms with E-state index in [9.17, 15) is 17.6 Å². The topological polar surface area (TPSA) is 100.0 Å². The molecule has 0 saturated carbocycles. The van der Waals surface area contributed by atoms with Gasteiger partial charge in [-0.05, 0) is 56.0 Å². The average Bonchev–Trinajstić information content (AvgIpc) is 3.73. The number of benzene rings is 2. The quantitative estimate of drug-likeness (QED) is 0.343. The number of sulfone groups is 1. The summed E-state index contributed by atoms with van der Waals surface area (Å²) in [7, 11) is -2.45. The number of ether oxygens (including phenoxy) is 3. The van der Waals surface area contributed by atoms with Crippen LogP contribution in [-0.4, -0.2) is 67.9 Å². The molecule has 0 N–H and O–H groups in total. The monoisotopic (exact) mass is 571 g/mol. The summed E-state index contributed by atoms with van der Waals surface area (Å²) in [6.07, 6.45) is 4.63. The normalized spacial score (nSPS) is 19.1. The Morgan fingerprint density at radius 1 is 1.07 bits per heavy atom. The molecule has 2 aromatic carbocycles. The summed E-state index contributed by atoms with van der Waals surface area (Å²) in [5.74, 6) is -0.678. The number of hydrogen-bond donors (Lipinski definition) is 0. The van der Waals surface area contributed by atoms with Gasteiger partial charge in [0.05, 0.1) is 50.1 Å². The van der Waals surface area contributed by atoms with Gasteiger partial charge in [0.25, 0.3) is 5.91 Å². The summed E-state index contributed by atoms with van der Waals surface area (Å²) in [5.41, 5.74) is 1.12. The zero-order valence-corrected chi connectivity index (χ0v) is 23.3. The Bertz CT molecular complexity index is 1410. The molecule has 9 nitrogen and oxygen atoms in total. The minimum absolute atomic E-state index is 0.0745. The van der Waals surface area contributed by atoms with Crippen molar-refractivity contribution in [3.05, 3.63) is 77.4 Å². The summed E-state index contributed by atoms with van der Waals surface area (Å²) in [6.45, 7) is 2.00. The lowest BCUT2D eigenvalue weighted by atomic mass is 10.1. The number of aromatic nitrogens is 2. The zero-order valence-electron chi connectivity index (χ0n) is 22.5. The van der Waals surface area contributed by atoms with Crippen LogP contribution in [0.25, 0.3) is 0 Å². The predicted molar refractivity (Wildman–Crippen MR) is 145 cm³/mol. The van der Waals surface area contributed by atoms with E-state index in [1.807, 2.05) is 0 Å². The number of rotatable bonds is 11. The molecular formula is C29H34FN3O6S. The summed E-state index contributed by atoms with van der Waals surface area (Å²) >= 11 is 0. The minimum atomic E-state index is -4.01. The fourth-order valence-electron chi connectivity index (χ4n) is 5.20. The van der Waals surface area contributed by atoms with Crippen molar-refractivity contribution in [2.45, 2.75) is 61.9 Å². The first-order valence-corrected chi connectivity index (χ1v) is 15.2. The third kappa shape index (κ3) is 6.54. The van der Waals surface area contributed by atoms with Gasteiger partial charge in [0.15, 0.2) is 0 Å². The number of carbonyl (C=O) groups is 1. The Labute approximate surface area is 233 Å². The van der Waals surface area contributed by atoms with Crippen LogP contribution in [0.5, 0.6) is 5.75 Å². The van der Waals surface area contributed by atoms with E-state index >= 15 is 0 Å². The highest BCUT2D eigenvalue weighted by Gasteiger charge is 2.30. The Balaban J connectivity index is 1.47. The zero-order chi connectivity index (χ0) is 28.1. The fourth-order valence-corrected chi connectivity index (χ4v) is 6.72. The minimum Gasteiger partial charge on any atom is -0.497 e. The number of hydrogen-bond acceptors (Lipinski definition) is 7. The first kappa shape index (κ1) is 28.3. The second-order valence-electron chi connectivity index (χ2n) is 10.2. The Kier molecular flexibility index (Phi) is 8.82. The number of halogens is 1. The van der Waals surface area contributed by atoms with Gasteiger partial charge in [0, 0.05) is 30.9 Å². The molecule has 214 valence electrons. The van der Waals surface area contributed by atoms with E-state index in [-0.39, 0.29) is 41.9 Å². The molecule has 2 aliphatic heterocycles. The molecule has 1 aromatic heterocycles. The molecule has 2 atom stereocenters. The predicted octanol–water partition coefficient (Wildman–Crippen LogP) is 4.01. The third-order valence-corrected chi connectivity index (χ3v) is 8.89. The van der Waals surface area contributed by atoms with Crippen molar-refractivity contribution < 1.29 is 31.8 Å². The van der Waals surface area contributed by atoms with Crippen LogP contribution < -0.4 is 4.74 Å². The van der Waals surface area contributed by atoms with E-state index in [1.54, 1.807) is 46.9 Å². The van der Waals surface area contributed by atoms with Crippen LogP contribution in [-0.2, 0) is 38.2 Å². The van der Waals surface area contributed by atoms with Crippen LogP contribution in [0.4, 0.5) is 4.39 Å². The number of methoxy groups -OCH3 is 1. The number of carbonyl (C=O) groups excluding carboxylic acids is 1. The second-order valence-corrected chi connectivity index (χ2v) is 12.1. The lowest BCUT2D eigenvalue weighted by Gasteiger charge is -2.27. The van der Waals surface area contributed by atoms with E-state index in [4.69, 9.17) is 14.2 Å². The molecule has 0 radical (unpaired) electrons. The molecule has 3 aromatic rings. The largest absolute Gasteiger partial charge is 0.497 e. The van der Waals surface area contributed by atoms with Gasteiger partial charge in [-0.3, -0.25) is 4.79 Å². The lowest BCUT2D eigenvalue weighted by Crippen LogP contribution is -2.37. The van der Waals surface area contributed by atoms with E-state index in [2.05, 4.69) is 4.98 Å². The van der Waals surface area contributed by atoms with Crippen molar-refractivity contribution in [3.63, 3.8) is 0 Å². The number of amides is 1. The molecule has 11 heteroatoms. The summed E-state index contributed by atoms with van der Waals surface area (Å²) in [6, 6.07) is 12.7. The molecule has 3 heterocycles. The van der Waals surface area contributed by atoms with Gasteiger partial charge in [-0.2, -0.15) is 0 Å². The smallest absolute Gasteiger partial charge is 0.254 e. The molecule has 0 bridgehead atoms. The van der Waals surface area contributed by atoms with Gasteiger partial charge in [-0.25, -0.2) is 17.8 Å². The van der Waals surface area contributed by atoms with Crippen molar-refractivity contribution in [1.29, 1.82) is 0 Å². The summed E-state index contributed by atoms with van der Waals surface area (Å²) in [5, 5.41) is -0.157. The van der Waals surface area contributed by atoms with Crippen LogP contribution in [0.2, 0.25) is 0 Å². The SMILES string of the molecule is COc1ccc(C(=O)N(Cc2cnc(S(=O)(=O)Cc3ccccc3F)n2C[C@@H]2CCCO2)C[C@@H]2CCCO2)cc1. The van der Waals surface area contributed by atoms with Gasteiger partial charge in [-0.15, -0.1) is 0 Å². The maximum atomic E-state index is 14.4. The lowest BCUT2D eigenvalue weighted by molar-refractivity contribution is 0.0496. The average molecular weight is 572 g/mol. The van der Waals surface area contributed by atoms with E-state index in [0.717, 1.165) is 25.7 Å². The molecule has 5 rings (SSSR count). The van der Waals surface area contributed by atoms with E-state index in [1.165, 1.54) is 24.4 Å². The highest BCUT2D eigenvalue weighted by molar-refractivity contribution is 7.90. The van der Waals surface area contributed by atoms with Crippen molar-refractivity contribution in [2.75, 3.05) is 26.9 Å². The van der Waals surface area contributed by atoms with Gasteiger partial charge >= 0.3 is 0 Å². The van der Waals surface area contributed by atoms with Crippen molar-refractivity contribution >= 4 is 15.7 Å². The van der Waals surface area contributed by atoms with Crippen molar-refractivity contribution in [2.24, 2.45) is 0 Å². The molecule has 0 spiro atoms. The Hall–Kier alpha value is -3.28. The highest BCUT2D eigenvalue weighted by atomic mass is 32.2. The van der Waals surface area contributed by atoms with Crippen LogP contribution in [0.15, 0.2) is 59.9 Å². The van der Waals surface area contributed by atoms with Gasteiger partial charge in [-0.1, -0.05) is 18.2 Å². The maximum absolute atomic E-state index is 14.4. The van der Waals surface area contributed by atoms with E-state index < -0.39 is 21.4 Å². The molecule has 2 aliphatic rings. The van der Waals surface area contributed by atoms with Crippen molar-refractivity contribution in [3.8, 4) is 5.75 Å². The van der Waals surface area contributed by atoms with Crippen LogP contribution in [0.1, 0.15) is 47.3 Å². The number of nitrogens with zero attached hydrogens (tertiary/aromatic N) is 3. The Morgan fingerprint density at radius 2 is 1.77 bits per heavy atom. The molecule has 1 amide bonds. The first-order chi connectivity index (χ1) is 19.3. The maximum Gasteiger partial charge on any atom is 0.254 e. The van der Waals surface area contributed by atoms with Crippen LogP contribution in [0, 0.1) is 5.82 Å². The molecule has 2 saturated heterocycles. The molecular weight excluding hydrogens is 537 g/mol. The van der Waals surface area contributed by atoms with Crippen LogP contribution in [0.3, 0.4) is 0 Å². The molecule has 0 aliphatic carbocycles. The van der Waals surface area contributed by atoms with Crippen molar-refractivity contribution in [1.82, 2.24) is 14.5 Å². The van der Waals surface area contributed by atoms with Gasteiger partial charge in [0.1, 0.15) is 11.6 Å².